The number of hydrogen-bond donors (Lipinski definition) is 0. The number of nitrogens with zero attached hydrogens (tertiary/aromatic N) is 5. The predicted octanol–water partition coefficient (Wildman–Crippen LogP) is 16.1. The molecule has 0 N–H and O–H groups in total. The molecule has 0 atom stereocenters. The maximum atomic E-state index is 5.60. The molecule has 3 heterocycles. The van der Waals surface area contributed by atoms with E-state index in [4.69, 9.17) is 15.0 Å². The summed E-state index contributed by atoms with van der Waals surface area (Å²) in [5.74, 6) is 1.69. The normalized spacial score (nSPS) is 11.5. The Kier molecular flexibility index (Phi) is 9.43. The lowest BCUT2D eigenvalue weighted by atomic mass is 9.95. The summed E-state index contributed by atoms with van der Waals surface area (Å²) in [4.78, 5) is 16.7. The van der Waals surface area contributed by atoms with E-state index in [1.165, 1.54) is 5.39 Å². The summed E-state index contributed by atoms with van der Waals surface area (Å²) < 4.78 is 4.68. The van der Waals surface area contributed by atoms with Gasteiger partial charge in [0.15, 0.2) is 11.6 Å². The number of para-hydroxylation sites is 3. The average molecular weight is 868 g/mol. The fourth-order valence-corrected chi connectivity index (χ4v) is 9.98. The number of fused-ring (bicyclic) bond motifs is 7. The first kappa shape index (κ1) is 39.2. The molecule has 0 unspecified atom stereocenters. The number of rotatable bonds is 8. The van der Waals surface area contributed by atoms with E-state index in [9.17, 15) is 0 Å². The second-order valence-electron chi connectivity index (χ2n) is 17.2. The Morgan fingerprint density at radius 2 is 0.559 bits per heavy atom. The third-order valence-corrected chi connectivity index (χ3v) is 13.1. The zero-order chi connectivity index (χ0) is 45.0. The molecule has 0 bridgehead atoms. The van der Waals surface area contributed by atoms with Crippen LogP contribution in [0, 0.1) is 0 Å². The monoisotopic (exact) mass is 867 g/mol. The largest absolute Gasteiger partial charge is 0.307 e. The maximum absolute atomic E-state index is 5.60. The van der Waals surface area contributed by atoms with Crippen LogP contribution in [0.3, 0.4) is 0 Å². The molecule has 318 valence electrons. The highest BCUT2D eigenvalue weighted by Gasteiger charge is 2.24. The van der Waals surface area contributed by atoms with Gasteiger partial charge in [-0.1, -0.05) is 188 Å². The first-order valence-electron chi connectivity index (χ1n) is 23.0. The molecule has 0 amide bonds. The van der Waals surface area contributed by atoms with E-state index < -0.39 is 0 Å². The zero-order valence-corrected chi connectivity index (χ0v) is 36.9. The van der Waals surface area contributed by atoms with Crippen LogP contribution in [0.25, 0.3) is 123 Å². The molecular weight excluding hydrogens is 827 g/mol. The smallest absolute Gasteiger partial charge is 0.238 e. The van der Waals surface area contributed by atoms with Crippen molar-refractivity contribution in [3.63, 3.8) is 0 Å². The molecule has 3 aromatic heterocycles. The number of aromatic nitrogens is 5. The van der Waals surface area contributed by atoms with E-state index in [2.05, 4.69) is 258 Å². The van der Waals surface area contributed by atoms with Crippen molar-refractivity contribution < 1.29 is 0 Å². The van der Waals surface area contributed by atoms with Gasteiger partial charge in [-0.3, -0.25) is 4.57 Å². The molecule has 13 rings (SSSR count). The van der Waals surface area contributed by atoms with E-state index in [0.717, 1.165) is 99.5 Å². The zero-order valence-electron chi connectivity index (χ0n) is 36.9. The van der Waals surface area contributed by atoms with Crippen LogP contribution in [-0.2, 0) is 0 Å². The fourth-order valence-electron chi connectivity index (χ4n) is 9.98. The highest BCUT2D eigenvalue weighted by atomic mass is 15.2. The van der Waals surface area contributed by atoms with Gasteiger partial charge in [0.1, 0.15) is 0 Å². The van der Waals surface area contributed by atoms with Gasteiger partial charge in [0.05, 0.1) is 22.1 Å². The SMILES string of the molecule is c1ccc(-c2cc(-c3ccccc3)cc(-c3nc(-c4cc(-c5ccccc5)cc(-c5ccccc5)c4)nc(-n4c5ccccc5c5ccc6c7ccccc7n(-c7ccccc7)c6c54)n3)c2)cc1. The molecule has 0 saturated heterocycles. The van der Waals surface area contributed by atoms with Crippen LogP contribution in [0.2, 0.25) is 0 Å². The topological polar surface area (TPSA) is 48.5 Å². The summed E-state index contributed by atoms with van der Waals surface area (Å²) in [5, 5.41) is 4.57. The minimum absolute atomic E-state index is 0.534. The van der Waals surface area contributed by atoms with Crippen molar-refractivity contribution in [2.75, 3.05) is 0 Å². The second-order valence-corrected chi connectivity index (χ2v) is 17.2. The van der Waals surface area contributed by atoms with Gasteiger partial charge >= 0.3 is 0 Å². The molecule has 0 fully saturated rings. The van der Waals surface area contributed by atoms with E-state index in [1.54, 1.807) is 0 Å². The molecule has 10 aromatic carbocycles. The first-order chi connectivity index (χ1) is 33.7. The van der Waals surface area contributed by atoms with E-state index in [0.29, 0.717) is 17.6 Å². The molecule has 0 aliphatic rings. The summed E-state index contributed by atoms with van der Waals surface area (Å²) in [6, 6.07) is 88.2. The van der Waals surface area contributed by atoms with Gasteiger partial charge in [0.25, 0.3) is 0 Å². The number of benzene rings is 10. The molecule has 5 heteroatoms. The van der Waals surface area contributed by atoms with Crippen molar-refractivity contribution >= 4 is 43.6 Å². The molecule has 0 aliphatic heterocycles. The lowest BCUT2D eigenvalue weighted by Gasteiger charge is -2.15. The summed E-state index contributed by atoms with van der Waals surface area (Å²) >= 11 is 0. The van der Waals surface area contributed by atoms with Crippen molar-refractivity contribution in [2.45, 2.75) is 0 Å². The Morgan fingerprint density at radius 1 is 0.235 bits per heavy atom. The molecule has 0 aliphatic carbocycles. The Morgan fingerprint density at radius 3 is 0.971 bits per heavy atom. The average Bonchev–Trinajstić information content (AvgIpc) is 3.95. The van der Waals surface area contributed by atoms with Gasteiger partial charge in [-0.25, -0.2) is 4.98 Å². The van der Waals surface area contributed by atoms with Gasteiger partial charge in [-0.15, -0.1) is 0 Å². The molecule has 68 heavy (non-hydrogen) atoms. The third-order valence-electron chi connectivity index (χ3n) is 13.1. The van der Waals surface area contributed by atoms with Crippen molar-refractivity contribution in [3.05, 3.63) is 249 Å². The molecule has 0 radical (unpaired) electrons. The third kappa shape index (κ3) is 6.76. The second kappa shape index (κ2) is 16.4. The van der Waals surface area contributed by atoms with Crippen LogP contribution in [0.1, 0.15) is 0 Å². The molecule has 0 saturated carbocycles. The van der Waals surface area contributed by atoms with Crippen molar-refractivity contribution in [3.8, 4) is 78.9 Å². The Bertz CT molecular complexity index is 3730. The Labute approximate surface area is 393 Å². The summed E-state index contributed by atoms with van der Waals surface area (Å²) in [7, 11) is 0. The van der Waals surface area contributed by atoms with Gasteiger partial charge in [0, 0.05) is 38.4 Å². The number of hydrogen-bond acceptors (Lipinski definition) is 3. The standard InChI is InChI=1S/C63H41N5/c1-6-20-42(21-7-1)46-36-47(43-22-8-2-9-23-43)39-50(38-46)61-64-62(51-40-48(44-24-10-3-11-25-44)37-49(41-51)45-26-12-4-13-27-45)66-63(65-61)68-58-33-19-17-31-54(58)56-35-34-55-53-30-16-18-32-57(53)67(59(55)60(56)68)52-28-14-5-15-29-52/h1-41H. The van der Waals surface area contributed by atoms with Crippen molar-refractivity contribution in [1.29, 1.82) is 0 Å². The quantitative estimate of drug-likeness (QED) is 0.153. The molecular formula is C63H41N5. The minimum Gasteiger partial charge on any atom is -0.307 e. The Hall–Kier alpha value is -9.19. The first-order valence-corrected chi connectivity index (χ1v) is 23.0. The Balaban J connectivity index is 1.16. The van der Waals surface area contributed by atoms with Gasteiger partial charge in [0.2, 0.25) is 5.95 Å². The van der Waals surface area contributed by atoms with Crippen LogP contribution in [0.15, 0.2) is 249 Å². The summed E-state index contributed by atoms with van der Waals surface area (Å²) in [6.45, 7) is 0. The van der Waals surface area contributed by atoms with Crippen LogP contribution >= 0.6 is 0 Å². The van der Waals surface area contributed by atoms with Crippen LogP contribution in [0.4, 0.5) is 0 Å². The molecule has 0 spiro atoms. The van der Waals surface area contributed by atoms with E-state index in [1.807, 2.05) is 0 Å². The van der Waals surface area contributed by atoms with Crippen LogP contribution in [0.5, 0.6) is 0 Å². The highest BCUT2D eigenvalue weighted by molar-refractivity contribution is 6.23. The lowest BCUT2D eigenvalue weighted by molar-refractivity contribution is 0.953. The lowest BCUT2D eigenvalue weighted by Crippen LogP contribution is -2.07. The van der Waals surface area contributed by atoms with Gasteiger partial charge in [-0.05, 0) is 105 Å². The van der Waals surface area contributed by atoms with E-state index >= 15 is 0 Å². The summed E-state index contributed by atoms with van der Waals surface area (Å²) in [6.07, 6.45) is 0. The fraction of sp³-hybridized carbons (Fsp3) is 0. The minimum atomic E-state index is 0.534. The van der Waals surface area contributed by atoms with Crippen LogP contribution in [-0.4, -0.2) is 24.1 Å². The van der Waals surface area contributed by atoms with Crippen molar-refractivity contribution in [1.82, 2.24) is 24.1 Å². The predicted molar refractivity (Wildman–Crippen MR) is 281 cm³/mol. The van der Waals surface area contributed by atoms with Gasteiger partial charge in [-0.2, -0.15) is 9.97 Å². The maximum Gasteiger partial charge on any atom is 0.238 e. The van der Waals surface area contributed by atoms with E-state index in [-0.39, 0.29) is 0 Å². The highest BCUT2D eigenvalue weighted by Crippen LogP contribution is 2.42. The summed E-state index contributed by atoms with van der Waals surface area (Å²) in [5.41, 5.74) is 15.9. The van der Waals surface area contributed by atoms with Gasteiger partial charge < -0.3 is 4.57 Å². The van der Waals surface area contributed by atoms with Crippen LogP contribution < -0.4 is 0 Å². The molecule has 13 aromatic rings. The van der Waals surface area contributed by atoms with Crippen molar-refractivity contribution in [2.24, 2.45) is 0 Å². The molecule has 5 nitrogen and oxygen atoms in total.